The predicted molar refractivity (Wildman–Crippen MR) is 86.4 cm³/mol. The lowest BCUT2D eigenvalue weighted by Crippen LogP contribution is -2.15. The van der Waals surface area contributed by atoms with Gasteiger partial charge in [-0.15, -0.1) is 0 Å². The van der Waals surface area contributed by atoms with Gasteiger partial charge in [0.05, 0.1) is 4.92 Å². The minimum absolute atomic E-state index is 0.00202. The van der Waals surface area contributed by atoms with Gasteiger partial charge in [-0.2, -0.15) is 15.0 Å². The second kappa shape index (κ2) is 6.74. The minimum atomic E-state index is -0.571. The highest BCUT2D eigenvalue weighted by Gasteiger charge is 2.19. The lowest BCUT2D eigenvalue weighted by atomic mass is 10.2. The number of hydrogen-bond acceptors (Lipinski definition) is 7. The van der Waals surface area contributed by atoms with E-state index in [-0.39, 0.29) is 28.4 Å². The van der Waals surface area contributed by atoms with Crippen LogP contribution in [0, 0.1) is 10.1 Å². The molecule has 0 saturated heterocycles. The maximum atomic E-state index is 11.1. The molecule has 0 atom stereocenters. The van der Waals surface area contributed by atoms with E-state index in [0.717, 1.165) is 0 Å². The van der Waals surface area contributed by atoms with Crippen LogP contribution in [0.2, 0.25) is 5.02 Å². The van der Waals surface area contributed by atoms with Crippen molar-refractivity contribution in [1.29, 1.82) is 0 Å². The first-order chi connectivity index (χ1) is 10.8. The minimum Gasteiger partial charge on any atom is -0.417 e. The number of rotatable bonds is 5. The van der Waals surface area contributed by atoms with Crippen molar-refractivity contribution in [2.45, 2.75) is 19.8 Å². The summed E-state index contributed by atoms with van der Waals surface area (Å²) in [6.07, 6.45) is 0. The fourth-order valence-electron chi connectivity index (χ4n) is 1.68. The number of anilines is 1. The molecule has 0 aliphatic rings. The average molecular weight is 338 g/mol. The van der Waals surface area contributed by atoms with Gasteiger partial charge >= 0.3 is 11.7 Å². The molecule has 2 rings (SSSR count). The van der Waals surface area contributed by atoms with Gasteiger partial charge < -0.3 is 9.64 Å². The van der Waals surface area contributed by atoms with Gasteiger partial charge in [0, 0.05) is 31.1 Å². The van der Waals surface area contributed by atoms with Crippen LogP contribution in [-0.2, 0) is 0 Å². The standard InChI is InChI=1S/C14H16ClN5O3/c1-8(2)12-16-13(19(3)4)18-14(17-12)23-11-6-5-9(15)7-10(11)20(21)22/h5-8H,1-4H3. The van der Waals surface area contributed by atoms with Gasteiger partial charge in [0.25, 0.3) is 0 Å². The van der Waals surface area contributed by atoms with E-state index in [1.807, 2.05) is 13.8 Å². The molecule has 0 radical (unpaired) electrons. The number of halogens is 1. The molecule has 0 bridgehead atoms. The second-order valence-electron chi connectivity index (χ2n) is 5.30. The molecule has 2 aromatic rings. The summed E-state index contributed by atoms with van der Waals surface area (Å²) < 4.78 is 5.52. The van der Waals surface area contributed by atoms with E-state index >= 15 is 0 Å². The molecule has 1 aromatic carbocycles. The fourth-order valence-corrected chi connectivity index (χ4v) is 1.85. The Morgan fingerprint density at radius 3 is 2.52 bits per heavy atom. The van der Waals surface area contributed by atoms with Crippen LogP contribution in [-0.4, -0.2) is 34.0 Å². The van der Waals surface area contributed by atoms with Crippen LogP contribution < -0.4 is 9.64 Å². The molecule has 0 unspecified atom stereocenters. The van der Waals surface area contributed by atoms with Crippen molar-refractivity contribution in [2.24, 2.45) is 0 Å². The Morgan fingerprint density at radius 2 is 1.96 bits per heavy atom. The lowest BCUT2D eigenvalue weighted by molar-refractivity contribution is -0.385. The first-order valence-electron chi connectivity index (χ1n) is 6.83. The van der Waals surface area contributed by atoms with Crippen LogP contribution in [0.1, 0.15) is 25.6 Å². The first-order valence-corrected chi connectivity index (χ1v) is 7.21. The number of hydrogen-bond donors (Lipinski definition) is 0. The summed E-state index contributed by atoms with van der Waals surface area (Å²) in [7, 11) is 3.57. The van der Waals surface area contributed by atoms with Gasteiger partial charge in [-0.25, -0.2) is 0 Å². The van der Waals surface area contributed by atoms with Gasteiger partial charge in [-0.3, -0.25) is 10.1 Å². The van der Waals surface area contributed by atoms with E-state index < -0.39 is 4.92 Å². The van der Waals surface area contributed by atoms with E-state index in [0.29, 0.717) is 11.8 Å². The molecule has 0 N–H and O–H groups in total. The van der Waals surface area contributed by atoms with Crippen molar-refractivity contribution >= 4 is 23.2 Å². The van der Waals surface area contributed by atoms with Crippen molar-refractivity contribution in [3.05, 3.63) is 39.2 Å². The van der Waals surface area contributed by atoms with Gasteiger partial charge in [-0.1, -0.05) is 25.4 Å². The Balaban J connectivity index is 2.46. The van der Waals surface area contributed by atoms with E-state index in [9.17, 15) is 10.1 Å². The van der Waals surface area contributed by atoms with Crippen molar-refractivity contribution in [3.8, 4) is 11.8 Å². The summed E-state index contributed by atoms with van der Waals surface area (Å²) >= 11 is 5.79. The largest absolute Gasteiger partial charge is 0.417 e. The maximum absolute atomic E-state index is 11.1. The smallest absolute Gasteiger partial charge is 0.327 e. The van der Waals surface area contributed by atoms with Crippen molar-refractivity contribution in [1.82, 2.24) is 15.0 Å². The fraction of sp³-hybridized carbons (Fsp3) is 0.357. The van der Waals surface area contributed by atoms with Crippen LogP contribution in [0.5, 0.6) is 11.8 Å². The Hall–Kier alpha value is -2.48. The topological polar surface area (TPSA) is 94.3 Å². The Labute approximate surface area is 138 Å². The van der Waals surface area contributed by atoms with Gasteiger partial charge in [0.1, 0.15) is 5.82 Å². The molecule has 1 aromatic heterocycles. The lowest BCUT2D eigenvalue weighted by Gasteiger charge is -2.14. The Kier molecular flexibility index (Phi) is 4.95. The summed E-state index contributed by atoms with van der Waals surface area (Å²) in [6.45, 7) is 3.87. The van der Waals surface area contributed by atoms with Gasteiger partial charge in [-0.05, 0) is 12.1 Å². The molecule has 0 amide bonds. The van der Waals surface area contributed by atoms with Crippen LogP contribution in [0.3, 0.4) is 0 Å². The number of nitro benzene ring substituents is 1. The molecule has 23 heavy (non-hydrogen) atoms. The van der Waals surface area contributed by atoms with E-state index in [1.54, 1.807) is 19.0 Å². The van der Waals surface area contributed by atoms with Crippen LogP contribution >= 0.6 is 11.6 Å². The number of ether oxygens (including phenoxy) is 1. The molecule has 122 valence electrons. The third kappa shape index (κ3) is 4.04. The summed E-state index contributed by atoms with van der Waals surface area (Å²) in [5, 5.41) is 11.4. The number of benzene rings is 1. The zero-order chi connectivity index (χ0) is 17.1. The Morgan fingerprint density at radius 1 is 1.26 bits per heavy atom. The highest BCUT2D eigenvalue weighted by Crippen LogP contribution is 2.33. The second-order valence-corrected chi connectivity index (χ2v) is 5.73. The number of nitro groups is 1. The van der Waals surface area contributed by atoms with Crippen molar-refractivity contribution < 1.29 is 9.66 Å². The molecule has 8 nitrogen and oxygen atoms in total. The highest BCUT2D eigenvalue weighted by atomic mass is 35.5. The monoisotopic (exact) mass is 337 g/mol. The molecule has 0 saturated carbocycles. The molecule has 0 spiro atoms. The predicted octanol–water partition coefficient (Wildman–Crippen LogP) is 3.41. The SMILES string of the molecule is CC(C)c1nc(Oc2ccc(Cl)cc2[N+](=O)[O-])nc(N(C)C)n1. The van der Waals surface area contributed by atoms with Crippen molar-refractivity contribution in [3.63, 3.8) is 0 Å². The van der Waals surface area contributed by atoms with Crippen LogP contribution in [0.4, 0.5) is 11.6 Å². The van der Waals surface area contributed by atoms with Gasteiger partial charge in [0.15, 0.2) is 0 Å². The quantitative estimate of drug-likeness (QED) is 0.609. The average Bonchev–Trinajstić information content (AvgIpc) is 2.48. The van der Waals surface area contributed by atoms with Crippen LogP contribution in [0.15, 0.2) is 18.2 Å². The van der Waals surface area contributed by atoms with Crippen LogP contribution in [0.25, 0.3) is 0 Å². The van der Waals surface area contributed by atoms with E-state index in [1.165, 1.54) is 18.2 Å². The first kappa shape index (κ1) is 16.9. The molecular formula is C14H16ClN5O3. The normalized spacial score (nSPS) is 10.7. The molecule has 0 aliphatic carbocycles. The molecule has 0 aliphatic heterocycles. The maximum Gasteiger partial charge on any atom is 0.327 e. The summed E-state index contributed by atoms with van der Waals surface area (Å²) in [5.74, 6) is 1.02. The molecule has 0 fully saturated rings. The van der Waals surface area contributed by atoms with E-state index in [4.69, 9.17) is 16.3 Å². The summed E-state index contributed by atoms with van der Waals surface area (Å²) in [6, 6.07) is 4.13. The van der Waals surface area contributed by atoms with Crippen molar-refractivity contribution in [2.75, 3.05) is 19.0 Å². The zero-order valence-electron chi connectivity index (χ0n) is 13.1. The zero-order valence-corrected chi connectivity index (χ0v) is 13.9. The third-order valence-electron chi connectivity index (χ3n) is 2.86. The molecule has 1 heterocycles. The highest BCUT2D eigenvalue weighted by molar-refractivity contribution is 6.30. The molecule has 9 heteroatoms. The number of nitrogens with zero attached hydrogens (tertiary/aromatic N) is 5. The number of aromatic nitrogens is 3. The van der Waals surface area contributed by atoms with Gasteiger partial charge in [0.2, 0.25) is 11.7 Å². The summed E-state index contributed by atoms with van der Waals surface area (Å²) in [4.78, 5) is 24.9. The third-order valence-corrected chi connectivity index (χ3v) is 3.09. The Bertz CT molecular complexity index is 710. The molecular weight excluding hydrogens is 322 g/mol. The summed E-state index contributed by atoms with van der Waals surface area (Å²) in [5.41, 5.74) is -0.254. The van der Waals surface area contributed by atoms with E-state index in [2.05, 4.69) is 15.0 Å².